The Morgan fingerprint density at radius 2 is 2.04 bits per heavy atom. The van der Waals surface area contributed by atoms with E-state index >= 15 is 0 Å². The Hall–Kier alpha value is -1.99. The monoisotopic (exact) mass is 334 g/mol. The lowest BCUT2D eigenvalue weighted by molar-refractivity contribution is 0.142. The molecule has 2 aromatic rings. The Balaban J connectivity index is 1.50. The molecule has 5 nitrogen and oxygen atoms in total. The molecule has 1 N–H and O–H groups in total. The number of anilines is 1. The second-order valence-corrected chi connectivity index (χ2v) is 6.59. The third-order valence-electron chi connectivity index (χ3n) is 3.83. The maximum atomic E-state index is 13.6. The van der Waals surface area contributed by atoms with Gasteiger partial charge in [-0.3, -0.25) is 4.90 Å². The lowest BCUT2D eigenvalue weighted by atomic mass is 10.3. The van der Waals surface area contributed by atoms with Crippen molar-refractivity contribution >= 4 is 23.1 Å². The predicted molar refractivity (Wildman–Crippen MR) is 89.1 cm³/mol. The molecule has 0 unspecified atom stereocenters. The van der Waals surface area contributed by atoms with Crippen molar-refractivity contribution in [2.45, 2.75) is 13.5 Å². The highest BCUT2D eigenvalue weighted by molar-refractivity contribution is 7.09. The van der Waals surface area contributed by atoms with Crippen molar-refractivity contribution in [1.29, 1.82) is 0 Å². The summed E-state index contributed by atoms with van der Waals surface area (Å²) in [6.07, 6.45) is 0. The Morgan fingerprint density at radius 3 is 2.70 bits per heavy atom. The summed E-state index contributed by atoms with van der Waals surface area (Å²) < 4.78 is 13.6. The number of halogens is 1. The lowest BCUT2D eigenvalue weighted by Crippen LogP contribution is -2.49. The molecule has 7 heteroatoms. The Labute approximate surface area is 138 Å². The summed E-state index contributed by atoms with van der Waals surface area (Å²) in [5, 5.41) is 5.78. The van der Waals surface area contributed by atoms with Crippen LogP contribution in [0.5, 0.6) is 0 Å². The molecule has 1 aliphatic rings. The van der Waals surface area contributed by atoms with Crippen molar-refractivity contribution in [1.82, 2.24) is 14.8 Å². The number of thiazole rings is 1. The number of amides is 2. The van der Waals surface area contributed by atoms with Crippen LogP contribution < -0.4 is 5.32 Å². The normalized spacial score (nSPS) is 15.7. The van der Waals surface area contributed by atoms with E-state index in [1.54, 1.807) is 34.4 Å². The first-order chi connectivity index (χ1) is 11.1. The molecule has 2 amide bonds. The number of aromatic nitrogens is 1. The molecule has 0 bridgehead atoms. The van der Waals surface area contributed by atoms with E-state index in [4.69, 9.17) is 0 Å². The van der Waals surface area contributed by atoms with E-state index in [1.165, 1.54) is 6.07 Å². The van der Waals surface area contributed by atoms with Crippen LogP contribution >= 0.6 is 11.3 Å². The fourth-order valence-corrected chi connectivity index (χ4v) is 3.18. The van der Waals surface area contributed by atoms with Gasteiger partial charge in [0.2, 0.25) is 0 Å². The summed E-state index contributed by atoms with van der Waals surface area (Å²) in [5.41, 5.74) is 1.30. The van der Waals surface area contributed by atoms with Crippen LogP contribution in [-0.4, -0.2) is 47.0 Å². The third kappa shape index (κ3) is 4.05. The fraction of sp³-hybridized carbons (Fsp3) is 0.375. The predicted octanol–water partition coefficient (Wildman–Crippen LogP) is 2.94. The van der Waals surface area contributed by atoms with Crippen LogP contribution in [-0.2, 0) is 6.54 Å². The number of nitrogens with one attached hydrogen (secondary N) is 1. The van der Waals surface area contributed by atoms with Gasteiger partial charge in [-0.1, -0.05) is 12.1 Å². The molecule has 0 radical (unpaired) electrons. The Kier molecular flexibility index (Phi) is 4.88. The van der Waals surface area contributed by atoms with Gasteiger partial charge in [-0.15, -0.1) is 11.3 Å². The molecule has 1 saturated heterocycles. The van der Waals surface area contributed by atoms with Crippen molar-refractivity contribution in [3.05, 3.63) is 46.2 Å². The van der Waals surface area contributed by atoms with Gasteiger partial charge in [-0.2, -0.15) is 0 Å². The number of hydrogen-bond donors (Lipinski definition) is 1. The molecule has 3 rings (SSSR count). The second kappa shape index (κ2) is 7.06. The quantitative estimate of drug-likeness (QED) is 0.939. The minimum atomic E-state index is -0.418. The van der Waals surface area contributed by atoms with E-state index < -0.39 is 5.82 Å². The first kappa shape index (κ1) is 15.9. The van der Waals surface area contributed by atoms with E-state index in [2.05, 4.69) is 20.6 Å². The van der Waals surface area contributed by atoms with Gasteiger partial charge >= 0.3 is 6.03 Å². The summed E-state index contributed by atoms with van der Waals surface area (Å²) in [4.78, 5) is 20.7. The summed E-state index contributed by atoms with van der Waals surface area (Å²) in [6.45, 7) is 5.65. The highest BCUT2D eigenvalue weighted by atomic mass is 32.1. The average Bonchev–Trinajstić information content (AvgIpc) is 2.95. The zero-order valence-corrected chi connectivity index (χ0v) is 13.8. The largest absolute Gasteiger partial charge is 0.322 e. The van der Waals surface area contributed by atoms with Crippen molar-refractivity contribution in [2.24, 2.45) is 0 Å². The molecule has 122 valence electrons. The van der Waals surface area contributed by atoms with E-state index in [9.17, 15) is 9.18 Å². The number of carbonyl (C=O) groups is 1. The number of aryl methyl sites for hydroxylation is 1. The standard InChI is InChI=1S/C16H19FN4OS/c1-12-18-13(11-23-12)10-20-6-8-21(9-7-20)16(22)19-15-5-3-2-4-14(15)17/h2-5,11H,6-10H2,1H3,(H,19,22). The number of hydrogen-bond acceptors (Lipinski definition) is 4. The number of piperazine rings is 1. The number of nitrogens with zero attached hydrogens (tertiary/aromatic N) is 3. The molecule has 23 heavy (non-hydrogen) atoms. The van der Waals surface area contributed by atoms with Gasteiger partial charge in [0.05, 0.1) is 16.4 Å². The molecule has 1 aromatic heterocycles. The smallest absolute Gasteiger partial charge is 0.322 e. The summed E-state index contributed by atoms with van der Waals surface area (Å²) in [7, 11) is 0. The van der Waals surface area contributed by atoms with Crippen LogP contribution in [0.15, 0.2) is 29.6 Å². The van der Waals surface area contributed by atoms with E-state index in [0.717, 1.165) is 30.3 Å². The van der Waals surface area contributed by atoms with Gasteiger partial charge in [0.25, 0.3) is 0 Å². The van der Waals surface area contributed by atoms with Crippen molar-refractivity contribution in [3.8, 4) is 0 Å². The molecule has 0 atom stereocenters. The highest BCUT2D eigenvalue weighted by Crippen LogP contribution is 2.15. The van der Waals surface area contributed by atoms with Crippen LogP contribution in [0.3, 0.4) is 0 Å². The fourth-order valence-electron chi connectivity index (χ4n) is 2.58. The van der Waals surface area contributed by atoms with Crippen LogP contribution in [0.25, 0.3) is 0 Å². The van der Waals surface area contributed by atoms with Crippen molar-refractivity contribution in [3.63, 3.8) is 0 Å². The SMILES string of the molecule is Cc1nc(CN2CCN(C(=O)Nc3ccccc3F)CC2)cs1. The maximum Gasteiger partial charge on any atom is 0.322 e. The summed E-state index contributed by atoms with van der Waals surface area (Å²) in [5.74, 6) is -0.418. The summed E-state index contributed by atoms with van der Waals surface area (Å²) in [6, 6.07) is 5.95. The molecule has 1 aliphatic heterocycles. The van der Waals surface area contributed by atoms with Crippen LogP contribution in [0.2, 0.25) is 0 Å². The summed E-state index contributed by atoms with van der Waals surface area (Å²) >= 11 is 1.65. The van der Waals surface area contributed by atoms with Gasteiger partial charge in [0, 0.05) is 38.1 Å². The molecule has 1 fully saturated rings. The number of carbonyl (C=O) groups excluding carboxylic acids is 1. The van der Waals surface area contributed by atoms with E-state index in [0.29, 0.717) is 13.1 Å². The van der Waals surface area contributed by atoms with Crippen LogP contribution in [0, 0.1) is 12.7 Å². The lowest BCUT2D eigenvalue weighted by Gasteiger charge is -2.34. The minimum absolute atomic E-state index is 0.220. The van der Waals surface area contributed by atoms with Gasteiger partial charge < -0.3 is 10.2 Å². The number of rotatable bonds is 3. The zero-order valence-electron chi connectivity index (χ0n) is 13.0. The topological polar surface area (TPSA) is 48.5 Å². The highest BCUT2D eigenvalue weighted by Gasteiger charge is 2.22. The third-order valence-corrected chi connectivity index (χ3v) is 4.65. The second-order valence-electron chi connectivity index (χ2n) is 5.53. The number of benzene rings is 1. The first-order valence-corrected chi connectivity index (χ1v) is 8.43. The van der Waals surface area contributed by atoms with Gasteiger partial charge in [-0.05, 0) is 19.1 Å². The van der Waals surface area contributed by atoms with E-state index in [-0.39, 0.29) is 11.7 Å². The molecule has 0 saturated carbocycles. The molecule has 2 heterocycles. The molecular weight excluding hydrogens is 315 g/mol. The van der Waals surface area contributed by atoms with Crippen molar-refractivity contribution in [2.75, 3.05) is 31.5 Å². The number of para-hydroxylation sites is 1. The van der Waals surface area contributed by atoms with Gasteiger partial charge in [0.15, 0.2) is 0 Å². The zero-order chi connectivity index (χ0) is 16.2. The van der Waals surface area contributed by atoms with Crippen LogP contribution in [0.4, 0.5) is 14.9 Å². The number of urea groups is 1. The first-order valence-electron chi connectivity index (χ1n) is 7.55. The Morgan fingerprint density at radius 1 is 1.30 bits per heavy atom. The molecular formula is C16H19FN4OS. The average molecular weight is 334 g/mol. The Bertz CT molecular complexity index is 682. The molecule has 0 spiro atoms. The minimum Gasteiger partial charge on any atom is -0.322 e. The van der Waals surface area contributed by atoms with Crippen LogP contribution in [0.1, 0.15) is 10.7 Å². The van der Waals surface area contributed by atoms with E-state index in [1.807, 2.05) is 6.92 Å². The van der Waals surface area contributed by atoms with Gasteiger partial charge in [-0.25, -0.2) is 14.2 Å². The molecule has 0 aliphatic carbocycles. The van der Waals surface area contributed by atoms with Crippen molar-refractivity contribution < 1.29 is 9.18 Å². The molecule has 1 aromatic carbocycles. The maximum absolute atomic E-state index is 13.6. The van der Waals surface area contributed by atoms with Gasteiger partial charge in [0.1, 0.15) is 5.82 Å².